The Bertz CT molecular complexity index is 1180. The topological polar surface area (TPSA) is 91.4 Å². The highest BCUT2D eigenvalue weighted by Crippen LogP contribution is 2.42. The highest BCUT2D eigenvalue weighted by atomic mass is 32.1. The third-order valence-electron chi connectivity index (χ3n) is 6.93. The molecule has 1 aliphatic carbocycles. The predicted octanol–water partition coefficient (Wildman–Crippen LogP) is 5.10. The minimum Gasteiger partial charge on any atom is -0.490 e. The lowest BCUT2D eigenvalue weighted by molar-refractivity contribution is 0.0932. The summed E-state index contributed by atoms with van der Waals surface area (Å²) >= 11 is 1.68. The SMILES string of the molecule is CN1CCC(Oc2ccc(C(=N)c3cc(C(=O)NC(c4cccs4)C4CC4)ccc3N)cc2)CC1. The lowest BCUT2D eigenvalue weighted by Crippen LogP contribution is -2.35. The second-order valence-corrected chi connectivity index (χ2v) is 10.6. The molecule has 35 heavy (non-hydrogen) atoms. The van der Waals surface area contributed by atoms with E-state index in [1.54, 1.807) is 29.5 Å². The van der Waals surface area contributed by atoms with Crippen molar-refractivity contribution in [2.24, 2.45) is 5.92 Å². The van der Waals surface area contributed by atoms with E-state index in [1.807, 2.05) is 35.7 Å². The van der Waals surface area contributed by atoms with Crippen molar-refractivity contribution in [3.63, 3.8) is 0 Å². The third kappa shape index (κ3) is 5.57. The number of nitrogens with one attached hydrogen (secondary N) is 2. The van der Waals surface area contributed by atoms with Crippen molar-refractivity contribution in [3.05, 3.63) is 81.5 Å². The number of amides is 1. The summed E-state index contributed by atoms with van der Waals surface area (Å²) < 4.78 is 6.14. The van der Waals surface area contributed by atoms with Crippen LogP contribution in [0.25, 0.3) is 0 Å². The molecule has 1 amide bonds. The first-order valence-corrected chi connectivity index (χ1v) is 13.1. The summed E-state index contributed by atoms with van der Waals surface area (Å²) in [7, 11) is 2.14. The molecule has 0 spiro atoms. The average Bonchev–Trinajstić information content (AvgIpc) is 3.57. The molecule has 2 heterocycles. The number of hydrogen-bond acceptors (Lipinski definition) is 6. The maximum Gasteiger partial charge on any atom is 0.251 e. The van der Waals surface area contributed by atoms with Crippen molar-refractivity contribution < 1.29 is 9.53 Å². The average molecular weight is 489 g/mol. The van der Waals surface area contributed by atoms with E-state index in [-0.39, 0.29) is 18.1 Å². The highest BCUT2D eigenvalue weighted by molar-refractivity contribution is 7.10. The number of rotatable bonds is 8. The number of ether oxygens (including phenoxy) is 1. The third-order valence-corrected chi connectivity index (χ3v) is 7.88. The predicted molar refractivity (Wildman–Crippen MR) is 142 cm³/mol. The van der Waals surface area contributed by atoms with Crippen LogP contribution in [0.2, 0.25) is 0 Å². The zero-order chi connectivity index (χ0) is 24.4. The highest BCUT2D eigenvalue weighted by Gasteiger charge is 2.34. The van der Waals surface area contributed by atoms with E-state index in [2.05, 4.69) is 23.3 Å². The van der Waals surface area contributed by atoms with E-state index in [9.17, 15) is 4.79 Å². The second kappa shape index (κ2) is 10.2. The van der Waals surface area contributed by atoms with Gasteiger partial charge in [0.05, 0.1) is 11.8 Å². The van der Waals surface area contributed by atoms with Crippen molar-refractivity contribution in [1.29, 1.82) is 5.41 Å². The lowest BCUT2D eigenvalue weighted by atomic mass is 9.98. The number of nitrogens with two attached hydrogens (primary N) is 1. The number of carbonyl (C=O) groups excluding carboxylic acids is 1. The standard InChI is InChI=1S/C28H32N4O2S/c1-32-14-12-22(13-15-32)34-21-9-6-18(7-10-21)26(30)23-17-20(8-11-24(23)29)28(33)31-27(19-4-5-19)25-3-2-16-35-25/h2-3,6-11,16-17,19,22,27,30H,4-5,12-15,29H2,1H3,(H,31,33). The lowest BCUT2D eigenvalue weighted by Gasteiger charge is -2.29. The monoisotopic (exact) mass is 488 g/mol. The molecule has 5 rings (SSSR count). The van der Waals surface area contributed by atoms with Gasteiger partial charge in [-0.15, -0.1) is 11.3 Å². The fraction of sp³-hybridized carbons (Fsp3) is 0.357. The van der Waals surface area contributed by atoms with Gasteiger partial charge in [0.2, 0.25) is 0 Å². The smallest absolute Gasteiger partial charge is 0.251 e. The second-order valence-electron chi connectivity index (χ2n) is 9.63. The van der Waals surface area contributed by atoms with Gasteiger partial charge in [-0.1, -0.05) is 6.07 Å². The minimum atomic E-state index is -0.133. The summed E-state index contributed by atoms with van der Waals surface area (Å²) in [6.45, 7) is 2.09. The van der Waals surface area contributed by atoms with Crippen LogP contribution in [0.5, 0.6) is 5.75 Å². The van der Waals surface area contributed by atoms with Crippen LogP contribution in [-0.4, -0.2) is 42.8 Å². The molecule has 1 unspecified atom stereocenters. The Labute approximate surface area is 210 Å². The van der Waals surface area contributed by atoms with Gasteiger partial charge in [0.25, 0.3) is 5.91 Å². The molecule has 2 fully saturated rings. The van der Waals surface area contributed by atoms with E-state index in [0.717, 1.165) is 50.1 Å². The fourth-order valence-electron chi connectivity index (χ4n) is 4.61. The van der Waals surface area contributed by atoms with Crippen LogP contribution in [0, 0.1) is 11.3 Å². The summed E-state index contributed by atoms with van der Waals surface area (Å²) in [5.74, 6) is 1.18. The first-order chi connectivity index (χ1) is 17.0. The molecule has 2 aromatic carbocycles. The van der Waals surface area contributed by atoms with Gasteiger partial charge in [-0.25, -0.2) is 0 Å². The number of carbonyl (C=O) groups is 1. The maximum atomic E-state index is 13.1. The first-order valence-electron chi connectivity index (χ1n) is 12.3. The van der Waals surface area contributed by atoms with E-state index >= 15 is 0 Å². The number of likely N-dealkylation sites (tertiary alicyclic amines) is 1. The van der Waals surface area contributed by atoms with Gasteiger partial charge < -0.3 is 20.7 Å². The summed E-state index contributed by atoms with van der Waals surface area (Å²) in [5, 5.41) is 14.0. The van der Waals surface area contributed by atoms with Gasteiger partial charge in [0, 0.05) is 40.3 Å². The molecule has 3 aromatic rings. The number of hydrogen-bond donors (Lipinski definition) is 3. The zero-order valence-electron chi connectivity index (χ0n) is 20.0. The van der Waals surface area contributed by atoms with Crippen LogP contribution < -0.4 is 15.8 Å². The molecule has 1 atom stereocenters. The number of anilines is 1. The number of benzene rings is 2. The van der Waals surface area contributed by atoms with Crippen molar-refractivity contribution in [2.75, 3.05) is 25.9 Å². The van der Waals surface area contributed by atoms with E-state index in [4.69, 9.17) is 15.9 Å². The van der Waals surface area contributed by atoms with Gasteiger partial charge in [-0.2, -0.15) is 0 Å². The Kier molecular flexibility index (Phi) is 6.88. The largest absolute Gasteiger partial charge is 0.490 e. The maximum absolute atomic E-state index is 13.1. The molecule has 6 nitrogen and oxygen atoms in total. The molecule has 2 aliphatic rings. The Morgan fingerprint density at radius 3 is 2.46 bits per heavy atom. The summed E-state index contributed by atoms with van der Waals surface area (Å²) in [5.41, 5.74) is 8.81. The Hall–Kier alpha value is -3.16. The number of piperidine rings is 1. The zero-order valence-corrected chi connectivity index (χ0v) is 20.8. The van der Waals surface area contributed by atoms with Crippen molar-refractivity contribution in [1.82, 2.24) is 10.2 Å². The van der Waals surface area contributed by atoms with Crippen LogP contribution in [0.1, 0.15) is 58.1 Å². The van der Waals surface area contributed by atoms with Crippen LogP contribution in [0.3, 0.4) is 0 Å². The number of nitrogen functional groups attached to an aromatic ring is 1. The molecular weight excluding hydrogens is 456 g/mol. The molecule has 0 bridgehead atoms. The Morgan fingerprint density at radius 1 is 1.09 bits per heavy atom. The van der Waals surface area contributed by atoms with Crippen molar-refractivity contribution in [3.8, 4) is 5.75 Å². The first kappa shape index (κ1) is 23.6. The Morgan fingerprint density at radius 2 is 1.80 bits per heavy atom. The van der Waals surface area contributed by atoms with E-state index in [1.165, 1.54) is 4.88 Å². The molecular formula is C28H32N4O2S. The van der Waals surface area contributed by atoms with Crippen LogP contribution in [0.15, 0.2) is 60.0 Å². The van der Waals surface area contributed by atoms with Crippen molar-refractivity contribution in [2.45, 2.75) is 37.8 Å². The molecule has 1 aromatic heterocycles. The van der Waals surface area contributed by atoms with Gasteiger partial charge in [-0.05, 0) is 92.6 Å². The van der Waals surface area contributed by atoms with E-state index in [0.29, 0.717) is 28.4 Å². The molecule has 182 valence electrons. The Balaban J connectivity index is 1.28. The quantitative estimate of drug-likeness (QED) is 0.304. The summed E-state index contributed by atoms with van der Waals surface area (Å²) in [4.78, 5) is 16.6. The molecule has 1 aliphatic heterocycles. The van der Waals surface area contributed by atoms with Gasteiger partial charge in [0.1, 0.15) is 11.9 Å². The normalized spacial score (nSPS) is 17.6. The number of thiophene rings is 1. The van der Waals surface area contributed by atoms with Crippen LogP contribution in [0.4, 0.5) is 5.69 Å². The fourth-order valence-corrected chi connectivity index (χ4v) is 5.48. The summed E-state index contributed by atoms with van der Waals surface area (Å²) in [6, 6.07) is 16.9. The van der Waals surface area contributed by atoms with Crippen LogP contribution in [-0.2, 0) is 0 Å². The van der Waals surface area contributed by atoms with Crippen molar-refractivity contribution >= 4 is 28.6 Å². The molecule has 4 N–H and O–H groups in total. The molecule has 7 heteroatoms. The van der Waals surface area contributed by atoms with Gasteiger partial charge >= 0.3 is 0 Å². The number of nitrogens with zero attached hydrogens (tertiary/aromatic N) is 1. The molecule has 1 saturated heterocycles. The van der Waals surface area contributed by atoms with Gasteiger partial charge in [-0.3, -0.25) is 10.2 Å². The molecule has 1 saturated carbocycles. The molecule has 0 radical (unpaired) electrons. The minimum absolute atomic E-state index is 0.0417. The summed E-state index contributed by atoms with van der Waals surface area (Å²) in [6.07, 6.45) is 4.55. The van der Waals surface area contributed by atoms with E-state index < -0.39 is 0 Å². The van der Waals surface area contributed by atoms with Gasteiger partial charge in [0.15, 0.2) is 0 Å². The van der Waals surface area contributed by atoms with Crippen LogP contribution >= 0.6 is 11.3 Å².